The number of amides is 1. The number of nitrogens with zero attached hydrogens (tertiary/aromatic N) is 2. The molecule has 0 saturated carbocycles. The van der Waals surface area contributed by atoms with Gasteiger partial charge in [-0.1, -0.05) is 23.7 Å². The monoisotopic (exact) mass is 407 g/mol. The summed E-state index contributed by atoms with van der Waals surface area (Å²) in [6, 6.07) is 10.5. The molecular formula is C19H22ClN3O3S. The molecule has 1 aromatic carbocycles. The number of hydrogen-bond donors (Lipinski definition) is 1. The van der Waals surface area contributed by atoms with Crippen molar-refractivity contribution in [2.75, 3.05) is 13.1 Å². The Morgan fingerprint density at radius 1 is 1.15 bits per heavy atom. The Hall–Kier alpha value is -1.96. The summed E-state index contributed by atoms with van der Waals surface area (Å²) in [6.07, 6.45) is 4.71. The number of carbonyl (C=O) groups excluding carboxylic acids is 1. The quantitative estimate of drug-likeness (QED) is 0.798. The summed E-state index contributed by atoms with van der Waals surface area (Å²) in [4.78, 5) is 16.4. The zero-order valence-electron chi connectivity index (χ0n) is 14.8. The molecule has 1 aromatic heterocycles. The van der Waals surface area contributed by atoms with Crippen LogP contribution in [0.2, 0.25) is 5.02 Å². The fourth-order valence-corrected chi connectivity index (χ4v) is 4.86. The van der Waals surface area contributed by atoms with Gasteiger partial charge in [0.15, 0.2) is 0 Å². The van der Waals surface area contributed by atoms with Crippen molar-refractivity contribution in [2.45, 2.75) is 25.1 Å². The topological polar surface area (TPSA) is 79.4 Å². The maximum Gasteiger partial charge on any atom is 0.224 e. The van der Waals surface area contributed by atoms with Crippen molar-refractivity contribution < 1.29 is 13.2 Å². The molecule has 0 bridgehead atoms. The van der Waals surface area contributed by atoms with E-state index in [4.69, 9.17) is 11.6 Å². The van der Waals surface area contributed by atoms with Crippen LogP contribution in [0, 0.1) is 5.92 Å². The van der Waals surface area contributed by atoms with Gasteiger partial charge < -0.3 is 5.32 Å². The number of pyridine rings is 1. The van der Waals surface area contributed by atoms with Gasteiger partial charge >= 0.3 is 0 Å². The molecule has 144 valence electrons. The summed E-state index contributed by atoms with van der Waals surface area (Å²) in [6.45, 7) is 1.08. The molecule has 1 aliphatic rings. The third-order valence-corrected chi connectivity index (χ3v) is 6.70. The number of hydrogen-bond acceptors (Lipinski definition) is 4. The molecule has 0 radical (unpaired) electrons. The molecule has 27 heavy (non-hydrogen) atoms. The molecule has 2 aromatic rings. The van der Waals surface area contributed by atoms with Crippen molar-refractivity contribution in [1.82, 2.24) is 14.6 Å². The van der Waals surface area contributed by atoms with E-state index in [0.717, 1.165) is 5.56 Å². The van der Waals surface area contributed by atoms with Crippen LogP contribution in [0.3, 0.4) is 0 Å². The maximum absolute atomic E-state index is 12.7. The Bertz CT molecular complexity index is 873. The van der Waals surface area contributed by atoms with E-state index in [1.165, 1.54) is 4.31 Å². The van der Waals surface area contributed by atoms with E-state index in [1.807, 2.05) is 12.1 Å². The lowest BCUT2D eigenvalue weighted by molar-refractivity contribution is -0.126. The van der Waals surface area contributed by atoms with Crippen LogP contribution in [0.25, 0.3) is 0 Å². The van der Waals surface area contributed by atoms with Gasteiger partial charge in [0.1, 0.15) is 0 Å². The van der Waals surface area contributed by atoms with E-state index >= 15 is 0 Å². The molecule has 3 rings (SSSR count). The molecule has 1 saturated heterocycles. The van der Waals surface area contributed by atoms with E-state index in [9.17, 15) is 13.2 Å². The Labute approximate surface area is 164 Å². The SMILES string of the molecule is O=C(NCc1ccncc1)[C@H]1CCCN(S(=O)(=O)Cc2ccc(Cl)cc2)C1. The molecule has 1 N–H and O–H groups in total. The summed E-state index contributed by atoms with van der Waals surface area (Å²) in [5.41, 5.74) is 1.64. The van der Waals surface area contributed by atoms with Crippen LogP contribution in [0.4, 0.5) is 0 Å². The molecule has 6 nitrogen and oxygen atoms in total. The van der Waals surface area contributed by atoms with Gasteiger partial charge in [0.05, 0.1) is 11.7 Å². The lowest BCUT2D eigenvalue weighted by Gasteiger charge is -2.31. The van der Waals surface area contributed by atoms with E-state index in [-0.39, 0.29) is 24.1 Å². The third kappa shape index (κ3) is 5.51. The minimum atomic E-state index is -3.48. The summed E-state index contributed by atoms with van der Waals surface area (Å²) in [5.74, 6) is -0.533. The van der Waals surface area contributed by atoms with Crippen molar-refractivity contribution in [3.05, 3.63) is 64.9 Å². The number of aromatic nitrogens is 1. The lowest BCUT2D eigenvalue weighted by atomic mass is 9.99. The summed E-state index contributed by atoms with van der Waals surface area (Å²) < 4.78 is 26.9. The highest BCUT2D eigenvalue weighted by Crippen LogP contribution is 2.22. The number of nitrogens with one attached hydrogen (secondary N) is 1. The first kappa shape index (κ1) is 19.8. The van der Waals surface area contributed by atoms with E-state index in [1.54, 1.807) is 36.7 Å². The van der Waals surface area contributed by atoms with E-state index in [2.05, 4.69) is 10.3 Å². The number of halogens is 1. The van der Waals surface area contributed by atoms with Crippen LogP contribution in [0.15, 0.2) is 48.8 Å². The first-order chi connectivity index (χ1) is 12.9. The standard InChI is InChI=1S/C19H22ClN3O3S/c20-18-5-3-16(4-6-18)14-27(25,26)23-11-1-2-17(13-23)19(24)22-12-15-7-9-21-10-8-15/h3-10,17H,1-2,11-14H2,(H,22,24)/t17-/m0/s1. The second-order valence-corrected chi connectivity index (χ2v) is 9.06. The molecular weight excluding hydrogens is 386 g/mol. The van der Waals surface area contributed by atoms with Crippen LogP contribution in [0.5, 0.6) is 0 Å². The van der Waals surface area contributed by atoms with Crippen molar-refractivity contribution in [3.63, 3.8) is 0 Å². The number of benzene rings is 1. The predicted octanol–water partition coefficient (Wildman–Crippen LogP) is 2.59. The third-order valence-electron chi connectivity index (χ3n) is 4.63. The second-order valence-electron chi connectivity index (χ2n) is 6.65. The van der Waals surface area contributed by atoms with Gasteiger partial charge in [0.2, 0.25) is 15.9 Å². The highest BCUT2D eigenvalue weighted by Gasteiger charge is 2.32. The summed E-state index contributed by atoms with van der Waals surface area (Å²) in [5, 5.41) is 3.46. The van der Waals surface area contributed by atoms with Gasteiger partial charge in [-0.15, -0.1) is 0 Å². The van der Waals surface area contributed by atoms with E-state index in [0.29, 0.717) is 36.5 Å². The van der Waals surface area contributed by atoms with Crippen molar-refractivity contribution in [1.29, 1.82) is 0 Å². The fourth-order valence-electron chi connectivity index (χ4n) is 3.13. The van der Waals surface area contributed by atoms with Crippen LogP contribution < -0.4 is 5.32 Å². The van der Waals surface area contributed by atoms with Crippen molar-refractivity contribution in [3.8, 4) is 0 Å². The highest BCUT2D eigenvalue weighted by molar-refractivity contribution is 7.88. The van der Waals surface area contributed by atoms with E-state index < -0.39 is 10.0 Å². The zero-order chi connectivity index (χ0) is 19.3. The maximum atomic E-state index is 12.7. The molecule has 0 aliphatic carbocycles. The summed E-state index contributed by atoms with van der Waals surface area (Å²) in [7, 11) is -3.48. The Balaban J connectivity index is 1.59. The molecule has 2 heterocycles. The number of carbonyl (C=O) groups is 1. The van der Waals surface area contributed by atoms with Gasteiger partial charge in [-0.3, -0.25) is 9.78 Å². The normalized spacial score (nSPS) is 18.2. The molecule has 0 spiro atoms. The minimum absolute atomic E-state index is 0.0878. The molecule has 1 aliphatic heterocycles. The Morgan fingerprint density at radius 3 is 2.56 bits per heavy atom. The zero-order valence-corrected chi connectivity index (χ0v) is 16.4. The average Bonchev–Trinajstić information content (AvgIpc) is 2.68. The highest BCUT2D eigenvalue weighted by atomic mass is 35.5. The number of piperidine rings is 1. The van der Waals surface area contributed by atoms with Gasteiger partial charge in [-0.2, -0.15) is 0 Å². The van der Waals surface area contributed by atoms with Crippen molar-refractivity contribution in [2.24, 2.45) is 5.92 Å². The summed E-state index contributed by atoms with van der Waals surface area (Å²) >= 11 is 5.85. The van der Waals surface area contributed by atoms with Gasteiger partial charge in [0, 0.05) is 37.1 Å². The molecule has 8 heteroatoms. The Kier molecular flexibility index (Phi) is 6.46. The first-order valence-electron chi connectivity index (χ1n) is 8.83. The fraction of sp³-hybridized carbons (Fsp3) is 0.368. The second kappa shape index (κ2) is 8.82. The van der Waals surface area contributed by atoms with Gasteiger partial charge in [0.25, 0.3) is 0 Å². The first-order valence-corrected chi connectivity index (χ1v) is 10.8. The number of rotatable bonds is 6. The average molecular weight is 408 g/mol. The number of sulfonamides is 1. The van der Waals surface area contributed by atoms with Crippen LogP contribution in [-0.4, -0.2) is 36.7 Å². The predicted molar refractivity (Wildman–Crippen MR) is 104 cm³/mol. The minimum Gasteiger partial charge on any atom is -0.352 e. The van der Waals surface area contributed by atoms with Crippen LogP contribution >= 0.6 is 11.6 Å². The van der Waals surface area contributed by atoms with Gasteiger partial charge in [-0.25, -0.2) is 12.7 Å². The lowest BCUT2D eigenvalue weighted by Crippen LogP contribution is -2.45. The largest absolute Gasteiger partial charge is 0.352 e. The molecule has 1 atom stereocenters. The van der Waals surface area contributed by atoms with Crippen molar-refractivity contribution >= 4 is 27.5 Å². The molecule has 1 amide bonds. The smallest absolute Gasteiger partial charge is 0.224 e. The van der Waals surface area contributed by atoms with Gasteiger partial charge in [-0.05, 0) is 48.2 Å². The van der Waals surface area contributed by atoms with Crippen LogP contribution in [-0.2, 0) is 27.1 Å². The van der Waals surface area contributed by atoms with Crippen LogP contribution in [0.1, 0.15) is 24.0 Å². The Morgan fingerprint density at radius 2 is 1.85 bits per heavy atom. The molecule has 1 fully saturated rings. The molecule has 0 unspecified atom stereocenters.